The highest BCUT2D eigenvalue weighted by atomic mass is 16.7. The Morgan fingerprint density at radius 3 is 2.53 bits per heavy atom. The number of methoxy groups -OCH3 is 2. The summed E-state index contributed by atoms with van der Waals surface area (Å²) in [6.45, 7) is -1.04. The minimum absolute atomic E-state index is 0.0357. The highest BCUT2D eigenvalue weighted by Crippen LogP contribution is 2.36. The average Bonchev–Trinajstić information content (AvgIpc) is 3.08. The van der Waals surface area contributed by atoms with Crippen LogP contribution in [0.3, 0.4) is 0 Å². The summed E-state index contributed by atoms with van der Waals surface area (Å²) in [5, 5.41) is 40.0. The molecule has 4 rings (SSSR count). The molecule has 1 aliphatic heterocycles. The normalized spacial score (nSPS) is 22.8. The lowest BCUT2D eigenvalue weighted by molar-refractivity contribution is -0.116. The van der Waals surface area contributed by atoms with Crippen molar-refractivity contribution in [2.24, 2.45) is 0 Å². The Morgan fingerprint density at radius 2 is 1.91 bits per heavy atom. The van der Waals surface area contributed by atoms with Gasteiger partial charge in [0.1, 0.15) is 39.9 Å². The van der Waals surface area contributed by atoms with E-state index in [-0.39, 0.29) is 40.3 Å². The molecule has 32 heavy (non-hydrogen) atoms. The Kier molecular flexibility index (Phi) is 5.70. The number of hydrogen-bond acceptors (Lipinski definition) is 10. The van der Waals surface area contributed by atoms with Gasteiger partial charge in [-0.1, -0.05) is 0 Å². The van der Waals surface area contributed by atoms with Crippen molar-refractivity contribution < 1.29 is 43.8 Å². The quantitative estimate of drug-likeness (QED) is 0.432. The number of rotatable bonds is 6. The zero-order chi connectivity index (χ0) is 23.0. The Labute approximate surface area is 181 Å². The molecule has 2 heterocycles. The second-order valence-corrected chi connectivity index (χ2v) is 7.36. The van der Waals surface area contributed by atoms with Gasteiger partial charge in [-0.3, -0.25) is 4.79 Å². The first-order valence-electron chi connectivity index (χ1n) is 9.62. The van der Waals surface area contributed by atoms with Gasteiger partial charge >= 0.3 is 0 Å². The Morgan fingerprint density at radius 1 is 1.12 bits per heavy atom. The van der Waals surface area contributed by atoms with Crippen LogP contribution < -0.4 is 19.6 Å². The summed E-state index contributed by atoms with van der Waals surface area (Å²) in [4.78, 5) is 12.7. The van der Waals surface area contributed by atoms with Crippen LogP contribution >= 0.6 is 0 Å². The van der Waals surface area contributed by atoms with E-state index < -0.39 is 24.6 Å². The molecule has 0 saturated carbocycles. The maximum atomic E-state index is 12.7. The summed E-state index contributed by atoms with van der Waals surface area (Å²) in [5.74, 6) is 0.588. The van der Waals surface area contributed by atoms with Crippen LogP contribution in [0.25, 0.3) is 22.3 Å². The van der Waals surface area contributed by atoms with Gasteiger partial charge in [0.05, 0.1) is 27.4 Å². The van der Waals surface area contributed by atoms with Crippen molar-refractivity contribution >= 4 is 11.0 Å². The summed E-state index contributed by atoms with van der Waals surface area (Å²) in [5.41, 5.74) is -1.56. The Bertz CT molecular complexity index is 1200. The molecule has 0 bridgehead atoms. The lowest BCUT2D eigenvalue weighted by Gasteiger charge is -2.24. The zero-order valence-corrected chi connectivity index (χ0v) is 17.3. The number of aliphatic hydroxyl groups excluding tert-OH is 2. The van der Waals surface area contributed by atoms with Crippen LogP contribution in [0, 0.1) is 0 Å². The second-order valence-electron chi connectivity index (χ2n) is 7.36. The molecule has 3 unspecified atom stereocenters. The lowest BCUT2D eigenvalue weighted by atomic mass is 10.0. The SMILES string of the molecule is COc1cc(OC)c2c(=O)cc(-c3ccc(OC4OCC(O)(CO)C4O)c(O)c3)oc2c1. The first-order chi connectivity index (χ1) is 15.3. The van der Waals surface area contributed by atoms with Crippen LogP contribution in [0.5, 0.6) is 23.0 Å². The van der Waals surface area contributed by atoms with Crippen molar-refractivity contribution in [2.45, 2.75) is 18.0 Å². The van der Waals surface area contributed by atoms with E-state index in [1.54, 1.807) is 12.1 Å². The van der Waals surface area contributed by atoms with E-state index in [0.717, 1.165) is 0 Å². The smallest absolute Gasteiger partial charge is 0.229 e. The minimum atomic E-state index is -1.85. The largest absolute Gasteiger partial charge is 0.504 e. The van der Waals surface area contributed by atoms with Gasteiger partial charge in [-0.2, -0.15) is 0 Å². The molecular weight excluding hydrogens is 424 g/mol. The van der Waals surface area contributed by atoms with Gasteiger partial charge in [0, 0.05) is 23.8 Å². The van der Waals surface area contributed by atoms with E-state index in [9.17, 15) is 25.2 Å². The molecule has 2 aromatic carbocycles. The van der Waals surface area contributed by atoms with Crippen molar-refractivity contribution in [2.75, 3.05) is 27.4 Å². The summed E-state index contributed by atoms with van der Waals surface area (Å²) in [7, 11) is 2.91. The Balaban J connectivity index is 1.66. The molecule has 0 spiro atoms. The van der Waals surface area contributed by atoms with Gasteiger partial charge < -0.3 is 43.8 Å². The van der Waals surface area contributed by atoms with Gasteiger partial charge in [0.15, 0.2) is 16.9 Å². The molecule has 10 nitrogen and oxygen atoms in total. The maximum absolute atomic E-state index is 12.7. The number of fused-ring (bicyclic) bond motifs is 1. The molecule has 1 aliphatic rings. The zero-order valence-electron chi connectivity index (χ0n) is 17.3. The standard InChI is InChI=1S/C22H22O10/c1-28-12-6-17(29-2)19-14(25)8-16(31-18(19)7-12)11-3-4-15(13(24)5-11)32-21-20(26)22(27,9-23)10-30-21/h3-8,20-21,23-24,26-27H,9-10H2,1-2H3. The third kappa shape index (κ3) is 3.73. The predicted octanol–water partition coefficient (Wildman–Crippen LogP) is 1.00. The van der Waals surface area contributed by atoms with Crippen molar-refractivity contribution in [1.82, 2.24) is 0 Å². The topological polar surface area (TPSA) is 148 Å². The molecule has 1 aromatic heterocycles. The van der Waals surface area contributed by atoms with E-state index in [1.165, 1.54) is 38.5 Å². The molecule has 10 heteroatoms. The molecule has 1 fully saturated rings. The molecule has 3 aromatic rings. The monoisotopic (exact) mass is 446 g/mol. The minimum Gasteiger partial charge on any atom is -0.504 e. The Hall–Kier alpha value is -3.31. The molecule has 170 valence electrons. The number of ether oxygens (including phenoxy) is 4. The number of aliphatic hydroxyl groups is 3. The summed E-state index contributed by atoms with van der Waals surface area (Å²) in [6.07, 6.45) is -2.81. The van der Waals surface area contributed by atoms with Crippen molar-refractivity contribution in [1.29, 1.82) is 0 Å². The van der Waals surface area contributed by atoms with Crippen LogP contribution in [-0.4, -0.2) is 65.9 Å². The van der Waals surface area contributed by atoms with Crippen LogP contribution in [0.15, 0.2) is 45.6 Å². The highest BCUT2D eigenvalue weighted by Gasteiger charge is 2.49. The fourth-order valence-corrected chi connectivity index (χ4v) is 3.44. The third-order valence-corrected chi connectivity index (χ3v) is 5.29. The van der Waals surface area contributed by atoms with Crippen molar-refractivity contribution in [3.05, 3.63) is 46.6 Å². The summed E-state index contributed by atoms with van der Waals surface area (Å²) >= 11 is 0. The van der Waals surface area contributed by atoms with E-state index >= 15 is 0 Å². The molecular formula is C22H22O10. The van der Waals surface area contributed by atoms with Gasteiger partial charge in [-0.05, 0) is 18.2 Å². The number of hydrogen-bond donors (Lipinski definition) is 4. The van der Waals surface area contributed by atoms with E-state index in [0.29, 0.717) is 17.1 Å². The summed E-state index contributed by atoms with van der Waals surface area (Å²) in [6, 6.07) is 8.66. The average molecular weight is 446 g/mol. The lowest BCUT2D eigenvalue weighted by Crippen LogP contribution is -2.48. The predicted molar refractivity (Wildman–Crippen MR) is 111 cm³/mol. The molecule has 1 saturated heterocycles. The number of aromatic hydroxyl groups is 1. The van der Waals surface area contributed by atoms with Crippen LogP contribution in [-0.2, 0) is 4.74 Å². The van der Waals surface area contributed by atoms with Crippen LogP contribution in [0.2, 0.25) is 0 Å². The number of phenols is 1. The second kappa shape index (κ2) is 8.32. The van der Waals surface area contributed by atoms with E-state index in [2.05, 4.69) is 0 Å². The van der Waals surface area contributed by atoms with Gasteiger partial charge in [0.2, 0.25) is 6.29 Å². The highest BCUT2D eigenvalue weighted by molar-refractivity contribution is 5.86. The van der Waals surface area contributed by atoms with Gasteiger partial charge in [0.25, 0.3) is 0 Å². The number of phenolic OH excluding ortho intramolecular Hbond substituents is 1. The first kappa shape index (κ1) is 21.9. The molecule has 0 amide bonds. The fourth-order valence-electron chi connectivity index (χ4n) is 3.44. The first-order valence-corrected chi connectivity index (χ1v) is 9.62. The van der Waals surface area contributed by atoms with Crippen LogP contribution in [0.1, 0.15) is 0 Å². The van der Waals surface area contributed by atoms with E-state index in [4.69, 9.17) is 23.4 Å². The third-order valence-electron chi connectivity index (χ3n) is 5.29. The molecule has 0 radical (unpaired) electrons. The maximum Gasteiger partial charge on any atom is 0.229 e. The molecule has 3 atom stereocenters. The summed E-state index contributed by atoms with van der Waals surface area (Å²) < 4.78 is 27.0. The number of benzene rings is 2. The van der Waals surface area contributed by atoms with E-state index in [1.807, 2.05) is 0 Å². The fraction of sp³-hybridized carbons (Fsp3) is 0.318. The van der Waals surface area contributed by atoms with Gasteiger partial charge in [-0.25, -0.2) is 0 Å². The van der Waals surface area contributed by atoms with Crippen LogP contribution in [0.4, 0.5) is 0 Å². The molecule has 0 aliphatic carbocycles. The molecule has 4 N–H and O–H groups in total. The van der Waals surface area contributed by atoms with Crippen molar-refractivity contribution in [3.63, 3.8) is 0 Å². The van der Waals surface area contributed by atoms with Gasteiger partial charge in [-0.15, -0.1) is 0 Å². The van der Waals surface area contributed by atoms with Crippen molar-refractivity contribution in [3.8, 4) is 34.3 Å².